The van der Waals surface area contributed by atoms with Crippen LogP contribution in [0, 0.1) is 5.41 Å². The summed E-state index contributed by atoms with van der Waals surface area (Å²) >= 11 is 0. The number of carbonyl (C=O) groups is 1. The number of hydrogen-bond donors (Lipinski definition) is 2. The van der Waals surface area contributed by atoms with E-state index in [0.717, 1.165) is 31.6 Å². The Kier molecular flexibility index (Phi) is 5.80. The van der Waals surface area contributed by atoms with Crippen LogP contribution in [0.3, 0.4) is 0 Å². The van der Waals surface area contributed by atoms with Gasteiger partial charge >= 0.3 is 0 Å². The smallest absolute Gasteiger partial charge is 0.251 e. The summed E-state index contributed by atoms with van der Waals surface area (Å²) in [6.45, 7) is 3.31. The number of nitrogens with zero attached hydrogens (tertiary/aromatic N) is 1. The summed E-state index contributed by atoms with van der Waals surface area (Å²) in [5.74, 6) is -0.0160. The molecule has 0 atom stereocenters. The zero-order chi connectivity index (χ0) is 16.0. The van der Waals surface area contributed by atoms with Crippen molar-refractivity contribution >= 4 is 11.6 Å². The normalized spacial score (nSPS) is 17.0. The third-order valence-corrected chi connectivity index (χ3v) is 4.36. The predicted octanol–water partition coefficient (Wildman–Crippen LogP) is 1.50. The highest BCUT2D eigenvalue weighted by Crippen LogP contribution is 2.28. The number of nitrogens with one attached hydrogen (secondary N) is 2. The summed E-state index contributed by atoms with van der Waals surface area (Å²) in [5, 5.41) is 6.46. The molecule has 122 valence electrons. The molecule has 2 N–H and O–H groups in total. The molecule has 1 heterocycles. The molecule has 5 heteroatoms. The predicted molar refractivity (Wildman–Crippen MR) is 89.5 cm³/mol. The Labute approximate surface area is 133 Å². The average molecular weight is 305 g/mol. The molecule has 1 amide bonds. The van der Waals surface area contributed by atoms with Gasteiger partial charge < -0.3 is 20.3 Å². The molecular weight excluding hydrogens is 278 g/mol. The van der Waals surface area contributed by atoms with E-state index >= 15 is 0 Å². The van der Waals surface area contributed by atoms with Gasteiger partial charge in [-0.2, -0.15) is 0 Å². The molecule has 1 aliphatic rings. The van der Waals surface area contributed by atoms with Crippen LogP contribution >= 0.6 is 0 Å². The van der Waals surface area contributed by atoms with Crippen LogP contribution in [0.5, 0.6) is 0 Å². The lowest BCUT2D eigenvalue weighted by molar-refractivity contribution is 0.0512. The second-order valence-electron chi connectivity index (χ2n) is 6.31. The molecule has 0 bridgehead atoms. The number of rotatable bonds is 6. The van der Waals surface area contributed by atoms with Gasteiger partial charge in [-0.15, -0.1) is 0 Å². The molecule has 2 rings (SSSR count). The number of ether oxygens (including phenoxy) is 1. The Morgan fingerprint density at radius 3 is 2.73 bits per heavy atom. The van der Waals surface area contributed by atoms with Gasteiger partial charge in [0, 0.05) is 44.4 Å². The molecule has 1 aromatic carbocycles. The molecular formula is C17H27N3O2. The van der Waals surface area contributed by atoms with Gasteiger partial charge in [0.05, 0.1) is 6.61 Å². The van der Waals surface area contributed by atoms with Crippen molar-refractivity contribution in [3.8, 4) is 0 Å². The molecule has 1 saturated heterocycles. The largest absolute Gasteiger partial charge is 0.384 e. The van der Waals surface area contributed by atoms with Gasteiger partial charge in [-0.3, -0.25) is 4.79 Å². The SMILES string of the molecule is COCC1(CNC(=O)c2cccc(N(C)C)c2)CCNCC1. The van der Waals surface area contributed by atoms with E-state index in [1.807, 2.05) is 43.3 Å². The van der Waals surface area contributed by atoms with E-state index in [-0.39, 0.29) is 11.3 Å². The first kappa shape index (κ1) is 16.8. The molecule has 1 aromatic rings. The third kappa shape index (κ3) is 4.21. The topological polar surface area (TPSA) is 53.6 Å². The van der Waals surface area contributed by atoms with Gasteiger partial charge in [0.15, 0.2) is 0 Å². The van der Waals surface area contributed by atoms with Gasteiger partial charge in [0.2, 0.25) is 0 Å². The monoisotopic (exact) mass is 305 g/mol. The summed E-state index contributed by atoms with van der Waals surface area (Å²) in [5.41, 5.74) is 1.78. The van der Waals surface area contributed by atoms with E-state index in [0.29, 0.717) is 18.7 Å². The molecule has 1 fully saturated rings. The van der Waals surface area contributed by atoms with Crippen molar-refractivity contribution in [2.75, 3.05) is 52.3 Å². The minimum Gasteiger partial charge on any atom is -0.384 e. The van der Waals surface area contributed by atoms with Crippen LogP contribution in [0.15, 0.2) is 24.3 Å². The molecule has 0 spiro atoms. The number of piperidine rings is 1. The average Bonchev–Trinajstić information content (AvgIpc) is 2.54. The maximum absolute atomic E-state index is 12.4. The lowest BCUT2D eigenvalue weighted by atomic mass is 9.79. The van der Waals surface area contributed by atoms with Crippen molar-refractivity contribution < 1.29 is 9.53 Å². The van der Waals surface area contributed by atoms with Crippen LogP contribution in [0.1, 0.15) is 23.2 Å². The Hall–Kier alpha value is -1.59. The fourth-order valence-corrected chi connectivity index (χ4v) is 2.93. The van der Waals surface area contributed by atoms with E-state index in [9.17, 15) is 4.79 Å². The van der Waals surface area contributed by atoms with Crippen molar-refractivity contribution in [2.45, 2.75) is 12.8 Å². The summed E-state index contributed by atoms with van der Waals surface area (Å²) in [4.78, 5) is 14.4. The highest BCUT2D eigenvalue weighted by molar-refractivity contribution is 5.95. The standard InChI is InChI=1S/C17H27N3O2/c1-20(2)15-6-4-5-14(11-15)16(21)19-12-17(13-22-3)7-9-18-10-8-17/h4-6,11,18H,7-10,12-13H2,1-3H3,(H,19,21). The summed E-state index contributed by atoms with van der Waals surface area (Å²) in [6.07, 6.45) is 2.05. The van der Waals surface area contributed by atoms with Crippen LogP contribution in [0.4, 0.5) is 5.69 Å². The Bertz CT molecular complexity index is 491. The Balaban J connectivity index is 2.00. The molecule has 0 saturated carbocycles. The minimum atomic E-state index is -0.0160. The number of amides is 1. The van der Waals surface area contributed by atoms with Crippen LogP contribution in [-0.2, 0) is 4.74 Å². The molecule has 0 aromatic heterocycles. The maximum Gasteiger partial charge on any atom is 0.251 e. The van der Waals surface area contributed by atoms with Crippen LogP contribution in [0.2, 0.25) is 0 Å². The summed E-state index contributed by atoms with van der Waals surface area (Å²) < 4.78 is 5.39. The van der Waals surface area contributed by atoms with Gasteiger partial charge in [-0.05, 0) is 44.1 Å². The van der Waals surface area contributed by atoms with Crippen LogP contribution in [0.25, 0.3) is 0 Å². The number of hydrogen-bond acceptors (Lipinski definition) is 4. The van der Waals surface area contributed by atoms with Crippen molar-refractivity contribution in [1.82, 2.24) is 10.6 Å². The minimum absolute atomic E-state index is 0.0160. The lowest BCUT2D eigenvalue weighted by Gasteiger charge is -2.37. The van der Waals surface area contributed by atoms with Crippen molar-refractivity contribution in [2.24, 2.45) is 5.41 Å². The zero-order valence-corrected chi connectivity index (χ0v) is 13.8. The third-order valence-electron chi connectivity index (χ3n) is 4.36. The molecule has 0 aliphatic carbocycles. The van der Waals surface area contributed by atoms with E-state index in [4.69, 9.17) is 4.74 Å². The van der Waals surface area contributed by atoms with Gasteiger partial charge in [-0.1, -0.05) is 6.07 Å². The number of carbonyl (C=O) groups excluding carboxylic acids is 1. The number of methoxy groups -OCH3 is 1. The Morgan fingerprint density at radius 2 is 2.09 bits per heavy atom. The zero-order valence-electron chi connectivity index (χ0n) is 13.8. The van der Waals surface area contributed by atoms with Crippen LogP contribution in [-0.4, -0.2) is 53.4 Å². The van der Waals surface area contributed by atoms with Crippen molar-refractivity contribution in [3.05, 3.63) is 29.8 Å². The van der Waals surface area contributed by atoms with Gasteiger partial charge in [0.25, 0.3) is 5.91 Å². The van der Waals surface area contributed by atoms with Gasteiger partial charge in [-0.25, -0.2) is 0 Å². The fraction of sp³-hybridized carbons (Fsp3) is 0.588. The number of anilines is 1. The van der Waals surface area contributed by atoms with E-state index in [2.05, 4.69) is 10.6 Å². The summed E-state index contributed by atoms with van der Waals surface area (Å²) in [6, 6.07) is 7.68. The van der Waals surface area contributed by atoms with E-state index in [1.165, 1.54) is 0 Å². The summed E-state index contributed by atoms with van der Waals surface area (Å²) in [7, 11) is 5.67. The van der Waals surface area contributed by atoms with Crippen molar-refractivity contribution in [3.63, 3.8) is 0 Å². The van der Waals surface area contributed by atoms with E-state index < -0.39 is 0 Å². The second kappa shape index (κ2) is 7.61. The second-order valence-corrected chi connectivity index (χ2v) is 6.31. The maximum atomic E-state index is 12.4. The first-order valence-corrected chi connectivity index (χ1v) is 7.82. The molecule has 1 aliphatic heterocycles. The Morgan fingerprint density at radius 1 is 1.36 bits per heavy atom. The first-order chi connectivity index (χ1) is 10.6. The first-order valence-electron chi connectivity index (χ1n) is 7.82. The molecule has 22 heavy (non-hydrogen) atoms. The quantitative estimate of drug-likeness (QED) is 0.836. The highest BCUT2D eigenvalue weighted by atomic mass is 16.5. The molecule has 5 nitrogen and oxygen atoms in total. The molecule has 0 unspecified atom stereocenters. The van der Waals surface area contributed by atoms with Gasteiger partial charge in [0.1, 0.15) is 0 Å². The van der Waals surface area contributed by atoms with Crippen LogP contribution < -0.4 is 15.5 Å². The highest BCUT2D eigenvalue weighted by Gasteiger charge is 2.32. The van der Waals surface area contributed by atoms with E-state index in [1.54, 1.807) is 7.11 Å². The lowest BCUT2D eigenvalue weighted by Crippen LogP contribution is -2.47. The fourth-order valence-electron chi connectivity index (χ4n) is 2.93. The van der Waals surface area contributed by atoms with Crippen molar-refractivity contribution in [1.29, 1.82) is 0 Å². The molecule has 0 radical (unpaired) electrons. The number of benzene rings is 1.